The van der Waals surface area contributed by atoms with Crippen LogP contribution in [0.15, 0.2) is 24.3 Å². The molecule has 1 amide bonds. The van der Waals surface area contributed by atoms with Crippen molar-refractivity contribution in [3.05, 3.63) is 35.4 Å². The lowest BCUT2D eigenvalue weighted by Crippen LogP contribution is -2.43. The Balaban J connectivity index is 1.93. The lowest BCUT2D eigenvalue weighted by molar-refractivity contribution is -0.137. The summed E-state index contributed by atoms with van der Waals surface area (Å²) in [7, 11) is 0. The van der Waals surface area contributed by atoms with E-state index >= 15 is 0 Å². The maximum absolute atomic E-state index is 12.6. The Morgan fingerprint density at radius 2 is 2.00 bits per heavy atom. The van der Waals surface area contributed by atoms with Gasteiger partial charge >= 0.3 is 6.18 Å². The first-order valence-electron chi connectivity index (χ1n) is 6.61. The minimum Gasteiger partial charge on any atom is -0.353 e. The van der Waals surface area contributed by atoms with Gasteiger partial charge in [0.25, 0.3) is 0 Å². The van der Waals surface area contributed by atoms with E-state index in [4.69, 9.17) is 0 Å². The molecule has 1 aromatic rings. The van der Waals surface area contributed by atoms with E-state index in [0.29, 0.717) is 5.56 Å². The summed E-state index contributed by atoms with van der Waals surface area (Å²) in [5, 5.41) is 6.05. The average molecular weight is 286 g/mol. The molecule has 0 aromatic heterocycles. The van der Waals surface area contributed by atoms with E-state index in [1.807, 2.05) is 0 Å². The topological polar surface area (TPSA) is 41.1 Å². The number of benzene rings is 1. The van der Waals surface area contributed by atoms with E-state index in [9.17, 15) is 18.0 Å². The summed E-state index contributed by atoms with van der Waals surface area (Å²) in [6.07, 6.45) is -2.68. The summed E-state index contributed by atoms with van der Waals surface area (Å²) in [5.74, 6) is -0.226. The summed E-state index contributed by atoms with van der Waals surface area (Å²) in [5.41, 5.74) is -0.337. The monoisotopic (exact) mass is 286 g/mol. The highest BCUT2D eigenvalue weighted by molar-refractivity contribution is 5.78. The number of hydrogen-bond acceptors (Lipinski definition) is 2. The molecule has 2 N–H and O–H groups in total. The van der Waals surface area contributed by atoms with Crippen molar-refractivity contribution in [2.24, 2.45) is 0 Å². The SMILES string of the molecule is O=C(Cc1cccc(C(F)(F)F)c1)NC1CCNCC1. The second kappa shape index (κ2) is 6.26. The van der Waals surface area contributed by atoms with E-state index < -0.39 is 11.7 Å². The fourth-order valence-corrected chi connectivity index (χ4v) is 2.29. The molecule has 1 heterocycles. The Hall–Kier alpha value is -1.56. The number of nitrogens with one attached hydrogen (secondary N) is 2. The summed E-state index contributed by atoms with van der Waals surface area (Å²) >= 11 is 0. The van der Waals surface area contributed by atoms with Crippen LogP contribution in [0.2, 0.25) is 0 Å². The molecule has 1 fully saturated rings. The second-order valence-electron chi connectivity index (χ2n) is 4.97. The number of carbonyl (C=O) groups is 1. The third-order valence-electron chi connectivity index (χ3n) is 3.32. The fourth-order valence-electron chi connectivity index (χ4n) is 2.29. The maximum Gasteiger partial charge on any atom is 0.416 e. The zero-order chi connectivity index (χ0) is 14.6. The number of halogens is 3. The molecule has 6 heteroatoms. The molecule has 1 aliphatic heterocycles. The Bertz CT molecular complexity index is 468. The molecule has 0 atom stereocenters. The Kier molecular flexibility index (Phi) is 4.65. The zero-order valence-corrected chi connectivity index (χ0v) is 11.0. The Labute approximate surface area is 115 Å². The van der Waals surface area contributed by atoms with Gasteiger partial charge in [-0.15, -0.1) is 0 Å². The number of piperidine rings is 1. The lowest BCUT2D eigenvalue weighted by Gasteiger charge is -2.23. The first kappa shape index (κ1) is 14.8. The first-order chi connectivity index (χ1) is 9.45. The zero-order valence-electron chi connectivity index (χ0n) is 11.0. The summed E-state index contributed by atoms with van der Waals surface area (Å²) < 4.78 is 37.7. The Morgan fingerprint density at radius 3 is 2.65 bits per heavy atom. The van der Waals surface area contributed by atoms with E-state index in [2.05, 4.69) is 10.6 Å². The van der Waals surface area contributed by atoms with Crippen molar-refractivity contribution in [3.63, 3.8) is 0 Å². The van der Waals surface area contributed by atoms with Crippen LogP contribution in [-0.2, 0) is 17.4 Å². The van der Waals surface area contributed by atoms with Crippen LogP contribution in [0.1, 0.15) is 24.0 Å². The standard InChI is InChI=1S/C14H17F3N2O/c15-14(16,17)11-3-1-2-10(8-11)9-13(20)19-12-4-6-18-7-5-12/h1-3,8,12,18H,4-7,9H2,(H,19,20). The van der Waals surface area contributed by atoms with E-state index in [-0.39, 0.29) is 18.4 Å². The van der Waals surface area contributed by atoms with Crippen LogP contribution in [0, 0.1) is 0 Å². The van der Waals surface area contributed by atoms with Gasteiger partial charge in [0.1, 0.15) is 0 Å². The van der Waals surface area contributed by atoms with Gasteiger partial charge in [0, 0.05) is 6.04 Å². The van der Waals surface area contributed by atoms with Gasteiger partial charge in [0.05, 0.1) is 12.0 Å². The maximum atomic E-state index is 12.6. The van der Waals surface area contributed by atoms with Gasteiger partial charge < -0.3 is 10.6 Å². The van der Waals surface area contributed by atoms with Gasteiger partial charge in [-0.3, -0.25) is 4.79 Å². The molecular formula is C14H17F3N2O. The fraction of sp³-hybridized carbons (Fsp3) is 0.500. The van der Waals surface area contributed by atoms with Crippen molar-refractivity contribution in [1.29, 1.82) is 0 Å². The normalized spacial score (nSPS) is 16.9. The van der Waals surface area contributed by atoms with Crippen molar-refractivity contribution in [1.82, 2.24) is 10.6 Å². The van der Waals surface area contributed by atoms with Crippen LogP contribution in [0.5, 0.6) is 0 Å². The molecule has 0 spiro atoms. The number of alkyl halides is 3. The highest BCUT2D eigenvalue weighted by Gasteiger charge is 2.30. The van der Waals surface area contributed by atoms with Gasteiger partial charge in [0.15, 0.2) is 0 Å². The van der Waals surface area contributed by atoms with Gasteiger partial charge in [-0.25, -0.2) is 0 Å². The molecule has 1 aromatic carbocycles. The number of rotatable bonds is 3. The van der Waals surface area contributed by atoms with Gasteiger partial charge in [-0.2, -0.15) is 13.2 Å². The molecule has 1 aliphatic rings. The van der Waals surface area contributed by atoms with Crippen LogP contribution < -0.4 is 10.6 Å². The van der Waals surface area contributed by atoms with Crippen LogP contribution in [0.25, 0.3) is 0 Å². The molecule has 20 heavy (non-hydrogen) atoms. The third kappa shape index (κ3) is 4.23. The minimum atomic E-state index is -4.37. The largest absolute Gasteiger partial charge is 0.416 e. The molecule has 3 nitrogen and oxygen atoms in total. The van der Waals surface area contributed by atoms with Crippen LogP contribution in [0.3, 0.4) is 0 Å². The van der Waals surface area contributed by atoms with E-state index in [0.717, 1.165) is 38.1 Å². The molecule has 2 rings (SSSR count). The molecular weight excluding hydrogens is 269 g/mol. The highest BCUT2D eigenvalue weighted by atomic mass is 19.4. The van der Waals surface area contributed by atoms with Crippen molar-refractivity contribution in [2.75, 3.05) is 13.1 Å². The minimum absolute atomic E-state index is 0.0200. The summed E-state index contributed by atoms with van der Waals surface area (Å²) in [6.45, 7) is 1.71. The smallest absolute Gasteiger partial charge is 0.353 e. The highest BCUT2D eigenvalue weighted by Crippen LogP contribution is 2.29. The Morgan fingerprint density at radius 1 is 1.30 bits per heavy atom. The second-order valence-corrected chi connectivity index (χ2v) is 4.97. The van der Waals surface area contributed by atoms with Crippen molar-refractivity contribution in [3.8, 4) is 0 Å². The quantitative estimate of drug-likeness (QED) is 0.893. The average Bonchev–Trinajstić information content (AvgIpc) is 2.39. The summed E-state index contributed by atoms with van der Waals surface area (Å²) in [4.78, 5) is 11.8. The van der Waals surface area contributed by atoms with E-state index in [1.54, 1.807) is 0 Å². The predicted octanol–water partition coefficient (Wildman–Crippen LogP) is 2.12. The molecule has 0 radical (unpaired) electrons. The van der Waals surface area contributed by atoms with E-state index in [1.165, 1.54) is 12.1 Å². The number of carbonyl (C=O) groups excluding carboxylic acids is 1. The van der Waals surface area contributed by atoms with Gasteiger partial charge in [-0.05, 0) is 37.6 Å². The van der Waals surface area contributed by atoms with Crippen LogP contribution in [0.4, 0.5) is 13.2 Å². The van der Waals surface area contributed by atoms with Gasteiger partial charge in [-0.1, -0.05) is 18.2 Å². The van der Waals surface area contributed by atoms with Crippen LogP contribution >= 0.6 is 0 Å². The molecule has 110 valence electrons. The summed E-state index contributed by atoms with van der Waals surface area (Å²) in [6, 6.07) is 5.03. The third-order valence-corrected chi connectivity index (χ3v) is 3.32. The molecule has 0 aliphatic carbocycles. The van der Waals surface area contributed by atoms with Gasteiger partial charge in [0.2, 0.25) is 5.91 Å². The van der Waals surface area contributed by atoms with Crippen molar-refractivity contribution in [2.45, 2.75) is 31.5 Å². The predicted molar refractivity (Wildman–Crippen MR) is 69.2 cm³/mol. The van der Waals surface area contributed by atoms with Crippen molar-refractivity contribution < 1.29 is 18.0 Å². The number of amides is 1. The van der Waals surface area contributed by atoms with Crippen molar-refractivity contribution >= 4 is 5.91 Å². The number of hydrogen-bond donors (Lipinski definition) is 2. The molecule has 0 saturated carbocycles. The first-order valence-corrected chi connectivity index (χ1v) is 6.61. The molecule has 1 saturated heterocycles. The molecule has 0 unspecified atom stereocenters. The molecule has 0 bridgehead atoms. The lowest BCUT2D eigenvalue weighted by atomic mass is 10.0. The van der Waals surface area contributed by atoms with Crippen LogP contribution in [-0.4, -0.2) is 25.0 Å².